The molecule has 2 aromatic rings. The maximum atomic E-state index is 12.4. The molecule has 0 aliphatic carbocycles. The van der Waals surface area contributed by atoms with E-state index in [1.54, 1.807) is 41.3 Å². The molecule has 0 aromatic heterocycles. The van der Waals surface area contributed by atoms with Crippen LogP contribution in [0.2, 0.25) is 15.1 Å². The van der Waals surface area contributed by atoms with Crippen molar-refractivity contribution in [2.24, 2.45) is 0 Å². The minimum Gasteiger partial charge on any atom is -0.337 e. The molecule has 0 spiro atoms. The van der Waals surface area contributed by atoms with Gasteiger partial charge in [-0.15, -0.1) is 0 Å². The Balaban J connectivity index is 1.48. The van der Waals surface area contributed by atoms with Gasteiger partial charge in [-0.3, -0.25) is 14.5 Å². The molecule has 1 fully saturated rings. The summed E-state index contributed by atoms with van der Waals surface area (Å²) < 4.78 is 0. The number of carbonyl (C=O) groups is 2. The van der Waals surface area contributed by atoms with Gasteiger partial charge in [0.05, 0.1) is 27.3 Å². The fraction of sp³-hybridized carbons (Fsp3) is 0.238. The highest BCUT2D eigenvalue weighted by molar-refractivity contribution is 6.42. The predicted molar refractivity (Wildman–Crippen MR) is 119 cm³/mol. The van der Waals surface area contributed by atoms with Crippen molar-refractivity contribution in [3.63, 3.8) is 0 Å². The normalized spacial score (nSPS) is 14.9. The van der Waals surface area contributed by atoms with Crippen LogP contribution in [0.25, 0.3) is 6.08 Å². The average Bonchev–Trinajstić information content (AvgIpc) is 2.71. The molecule has 0 unspecified atom stereocenters. The van der Waals surface area contributed by atoms with Crippen LogP contribution in [0.5, 0.6) is 0 Å². The van der Waals surface area contributed by atoms with Crippen molar-refractivity contribution in [3.05, 3.63) is 69.2 Å². The van der Waals surface area contributed by atoms with Crippen molar-refractivity contribution in [1.29, 1.82) is 0 Å². The van der Waals surface area contributed by atoms with Crippen molar-refractivity contribution in [3.8, 4) is 0 Å². The molecule has 0 radical (unpaired) electrons. The number of hydrogen-bond acceptors (Lipinski definition) is 3. The number of nitrogens with zero attached hydrogens (tertiary/aromatic N) is 2. The number of carbonyl (C=O) groups excluding carboxylic acids is 2. The number of anilines is 1. The average molecular weight is 453 g/mol. The van der Waals surface area contributed by atoms with Gasteiger partial charge in [-0.1, -0.05) is 59.1 Å². The number of rotatable bonds is 5. The first-order valence-electron chi connectivity index (χ1n) is 9.12. The highest BCUT2D eigenvalue weighted by Gasteiger charge is 2.21. The molecule has 1 heterocycles. The minimum atomic E-state index is -0.131. The third kappa shape index (κ3) is 5.97. The Morgan fingerprint density at radius 2 is 1.62 bits per heavy atom. The Hall–Kier alpha value is -2.05. The van der Waals surface area contributed by atoms with Crippen molar-refractivity contribution < 1.29 is 9.59 Å². The van der Waals surface area contributed by atoms with E-state index in [1.165, 1.54) is 6.08 Å². The summed E-state index contributed by atoms with van der Waals surface area (Å²) in [5, 5.41) is 4.19. The molecule has 1 aliphatic rings. The molecule has 8 heteroatoms. The van der Waals surface area contributed by atoms with Crippen LogP contribution in [-0.2, 0) is 9.59 Å². The van der Waals surface area contributed by atoms with Crippen molar-refractivity contribution in [2.45, 2.75) is 0 Å². The Morgan fingerprint density at radius 3 is 2.34 bits per heavy atom. The summed E-state index contributed by atoms with van der Waals surface area (Å²) in [4.78, 5) is 28.4. The molecular weight excluding hydrogens is 433 g/mol. The first kappa shape index (κ1) is 21.7. The Labute approximate surface area is 184 Å². The van der Waals surface area contributed by atoms with Crippen LogP contribution in [0, 0.1) is 0 Å². The number of benzene rings is 2. The lowest BCUT2D eigenvalue weighted by atomic mass is 10.2. The third-order valence-electron chi connectivity index (χ3n) is 4.59. The smallest absolute Gasteiger partial charge is 0.246 e. The van der Waals surface area contributed by atoms with Crippen LogP contribution in [0.15, 0.2) is 48.5 Å². The summed E-state index contributed by atoms with van der Waals surface area (Å²) >= 11 is 18.2. The zero-order valence-corrected chi connectivity index (χ0v) is 17.8. The topological polar surface area (TPSA) is 52.7 Å². The van der Waals surface area contributed by atoms with Crippen LogP contribution < -0.4 is 5.32 Å². The van der Waals surface area contributed by atoms with Crippen molar-refractivity contribution >= 4 is 58.4 Å². The van der Waals surface area contributed by atoms with E-state index in [4.69, 9.17) is 34.8 Å². The van der Waals surface area contributed by atoms with Gasteiger partial charge >= 0.3 is 0 Å². The molecule has 5 nitrogen and oxygen atoms in total. The standard InChI is InChI=1S/C21H20Cl3N3O2/c22-16-5-1-2-7-18(16)25-19(28)14-26-10-12-27(13-11-26)20(29)9-8-15-4-3-6-17(23)21(15)24/h1-9H,10-14H2,(H,25,28). The summed E-state index contributed by atoms with van der Waals surface area (Å²) in [5.41, 5.74) is 1.29. The second kappa shape index (κ2) is 10.1. The number of nitrogens with one attached hydrogen (secondary N) is 1. The second-order valence-corrected chi connectivity index (χ2v) is 7.80. The van der Waals surface area contributed by atoms with Gasteiger partial charge in [-0.25, -0.2) is 0 Å². The van der Waals surface area contributed by atoms with Gasteiger partial charge in [0.1, 0.15) is 0 Å². The largest absolute Gasteiger partial charge is 0.337 e. The third-order valence-corrected chi connectivity index (χ3v) is 5.75. The molecular formula is C21H20Cl3N3O2. The molecule has 0 saturated carbocycles. The molecule has 29 heavy (non-hydrogen) atoms. The summed E-state index contributed by atoms with van der Waals surface area (Å²) in [6.07, 6.45) is 3.16. The van der Waals surface area contributed by atoms with Gasteiger partial charge in [-0.2, -0.15) is 0 Å². The van der Waals surface area contributed by atoms with Crippen LogP contribution in [-0.4, -0.2) is 54.3 Å². The molecule has 1 N–H and O–H groups in total. The lowest BCUT2D eigenvalue weighted by molar-refractivity contribution is -0.127. The maximum Gasteiger partial charge on any atom is 0.246 e. The summed E-state index contributed by atoms with van der Waals surface area (Å²) in [5.74, 6) is -0.227. The molecule has 2 amide bonds. The van der Waals surface area contributed by atoms with Crippen LogP contribution in [0.1, 0.15) is 5.56 Å². The molecule has 2 aromatic carbocycles. The Morgan fingerprint density at radius 1 is 0.931 bits per heavy atom. The van der Waals surface area contributed by atoms with E-state index >= 15 is 0 Å². The molecule has 1 saturated heterocycles. The fourth-order valence-electron chi connectivity index (χ4n) is 3.00. The lowest BCUT2D eigenvalue weighted by Gasteiger charge is -2.33. The van der Waals surface area contributed by atoms with Crippen LogP contribution in [0.3, 0.4) is 0 Å². The molecule has 0 bridgehead atoms. The van der Waals surface area contributed by atoms with Crippen molar-refractivity contribution in [1.82, 2.24) is 9.80 Å². The number of para-hydroxylation sites is 1. The second-order valence-electron chi connectivity index (χ2n) is 6.61. The minimum absolute atomic E-state index is 0.0961. The van der Waals surface area contributed by atoms with Gasteiger partial charge in [-0.05, 0) is 29.8 Å². The molecule has 152 valence electrons. The predicted octanol–water partition coefficient (Wildman–Crippen LogP) is 4.44. The maximum absolute atomic E-state index is 12.4. The Kier molecular flexibility index (Phi) is 7.56. The molecule has 1 aliphatic heterocycles. The van der Waals surface area contributed by atoms with Gasteiger partial charge < -0.3 is 10.2 Å². The highest BCUT2D eigenvalue weighted by atomic mass is 35.5. The monoisotopic (exact) mass is 451 g/mol. The lowest BCUT2D eigenvalue weighted by Crippen LogP contribution is -2.50. The summed E-state index contributed by atoms with van der Waals surface area (Å²) in [7, 11) is 0. The summed E-state index contributed by atoms with van der Waals surface area (Å²) in [6.45, 7) is 2.58. The van der Waals surface area contributed by atoms with E-state index in [0.29, 0.717) is 52.5 Å². The first-order valence-corrected chi connectivity index (χ1v) is 10.2. The number of hydrogen-bond donors (Lipinski definition) is 1. The number of halogens is 3. The molecule has 0 atom stereocenters. The van der Waals surface area contributed by atoms with Crippen LogP contribution in [0.4, 0.5) is 5.69 Å². The van der Waals surface area contributed by atoms with E-state index in [2.05, 4.69) is 5.32 Å². The number of piperazine rings is 1. The highest BCUT2D eigenvalue weighted by Crippen LogP contribution is 2.26. The zero-order valence-electron chi connectivity index (χ0n) is 15.6. The van der Waals surface area contributed by atoms with Gasteiger partial charge in [0.15, 0.2) is 0 Å². The van der Waals surface area contributed by atoms with Crippen LogP contribution >= 0.6 is 34.8 Å². The fourth-order valence-corrected chi connectivity index (χ4v) is 3.55. The van der Waals surface area contributed by atoms with Crippen molar-refractivity contribution in [2.75, 3.05) is 38.0 Å². The number of amides is 2. The van der Waals surface area contributed by atoms with Gasteiger partial charge in [0, 0.05) is 32.3 Å². The van der Waals surface area contributed by atoms with Gasteiger partial charge in [0.2, 0.25) is 11.8 Å². The first-order chi connectivity index (χ1) is 13.9. The van der Waals surface area contributed by atoms with E-state index < -0.39 is 0 Å². The van der Waals surface area contributed by atoms with E-state index in [-0.39, 0.29) is 18.4 Å². The van der Waals surface area contributed by atoms with E-state index in [1.807, 2.05) is 17.0 Å². The SMILES string of the molecule is O=C(CN1CCN(C(=O)C=Cc2cccc(Cl)c2Cl)CC1)Nc1ccccc1Cl. The molecule has 3 rings (SSSR count). The Bertz CT molecular complexity index is 925. The van der Waals surface area contributed by atoms with E-state index in [9.17, 15) is 9.59 Å². The van der Waals surface area contributed by atoms with E-state index in [0.717, 1.165) is 0 Å². The zero-order chi connectivity index (χ0) is 20.8. The van der Waals surface area contributed by atoms with Gasteiger partial charge in [0.25, 0.3) is 0 Å². The quantitative estimate of drug-likeness (QED) is 0.682. The summed E-state index contributed by atoms with van der Waals surface area (Å²) in [6, 6.07) is 12.4.